The fourth-order valence-electron chi connectivity index (χ4n) is 0.316. The largest absolute Gasteiger partial charge is 0.301 e. The number of carbonyl (C=O) groups excluding carboxylic acids is 1. The van der Waals surface area contributed by atoms with Crippen LogP contribution in [0.3, 0.4) is 0 Å². The van der Waals surface area contributed by atoms with Crippen LogP contribution in [0.15, 0.2) is 10.6 Å². The zero-order valence-electron chi connectivity index (χ0n) is 6.24. The van der Waals surface area contributed by atoms with Crippen LogP contribution in [0.5, 0.6) is 0 Å². The fourth-order valence-corrected chi connectivity index (χ4v) is 1.27. The molecule has 0 radical (unpaired) electrons. The van der Waals surface area contributed by atoms with Crippen LogP contribution in [0, 0.1) is 0 Å². The molecule has 0 aromatic carbocycles. The van der Waals surface area contributed by atoms with Crippen molar-refractivity contribution in [1.29, 1.82) is 0 Å². The van der Waals surface area contributed by atoms with Gasteiger partial charge >= 0.3 is 0 Å². The molecular weight excluding hydrogens is 187 g/mol. The van der Waals surface area contributed by atoms with Crippen LogP contribution >= 0.6 is 23.2 Å². The van der Waals surface area contributed by atoms with E-state index in [9.17, 15) is 4.79 Å². The minimum Gasteiger partial charge on any atom is -0.301 e. The van der Waals surface area contributed by atoms with Crippen molar-refractivity contribution >= 4 is 36.7 Å². The maximum Gasteiger partial charge on any atom is 0.135 e. The maximum absolute atomic E-state index is 11.1. The molecule has 0 bridgehead atoms. The Labute approximate surface area is 72.0 Å². The Morgan fingerprint density at radius 3 is 1.80 bits per heavy atom. The molecule has 0 aliphatic rings. The van der Waals surface area contributed by atoms with E-state index in [2.05, 4.69) is 0 Å². The summed E-state index contributed by atoms with van der Waals surface area (Å²) in [6.45, 7) is 5.84. The van der Waals surface area contributed by atoms with Crippen molar-refractivity contribution < 1.29 is 4.79 Å². The Kier molecular flexibility index (Phi) is 3.63. The third-order valence-corrected chi connectivity index (χ3v) is 2.82. The Morgan fingerprint density at radius 2 is 1.70 bits per heavy atom. The number of hydrogen-bond acceptors (Lipinski definition) is 1. The summed E-state index contributed by atoms with van der Waals surface area (Å²) in [6.07, 6.45) is 1.29. The van der Waals surface area contributed by atoms with E-state index < -0.39 is 8.07 Å². The van der Waals surface area contributed by atoms with Gasteiger partial charge in [-0.15, -0.1) is 0 Å². The predicted molar refractivity (Wildman–Crippen MR) is 48.1 cm³/mol. The van der Waals surface area contributed by atoms with Crippen LogP contribution in [0.2, 0.25) is 19.6 Å². The summed E-state index contributed by atoms with van der Waals surface area (Å²) in [5, 5.41) is 0.0764. The monoisotopic (exact) mass is 196 g/mol. The summed E-state index contributed by atoms with van der Waals surface area (Å²) >= 11 is 10.6. The molecule has 0 spiro atoms. The van der Waals surface area contributed by atoms with Gasteiger partial charge in [0.05, 0.1) is 0 Å². The van der Waals surface area contributed by atoms with Crippen molar-refractivity contribution in [3.8, 4) is 0 Å². The molecule has 0 aromatic heterocycles. The molecule has 0 heterocycles. The van der Waals surface area contributed by atoms with E-state index in [0.717, 1.165) is 0 Å². The van der Waals surface area contributed by atoms with E-state index in [1.165, 1.54) is 6.08 Å². The fraction of sp³-hybridized carbons (Fsp3) is 0.500. The highest BCUT2D eigenvalue weighted by Crippen LogP contribution is 2.10. The molecule has 0 unspecified atom stereocenters. The number of allylic oxidation sites excluding steroid dienone is 1. The second-order valence-electron chi connectivity index (χ2n) is 3.05. The molecule has 0 rings (SSSR count). The molecule has 0 aliphatic carbocycles. The van der Waals surface area contributed by atoms with Gasteiger partial charge in [0.2, 0.25) is 0 Å². The first-order chi connectivity index (χ1) is 4.34. The van der Waals surface area contributed by atoms with Crippen LogP contribution < -0.4 is 0 Å². The quantitative estimate of drug-likeness (QED) is 0.491. The van der Waals surface area contributed by atoms with Gasteiger partial charge in [-0.1, -0.05) is 42.8 Å². The minimum atomic E-state index is -1.71. The second-order valence-corrected chi connectivity index (χ2v) is 9.05. The van der Waals surface area contributed by atoms with Crippen LogP contribution in [-0.4, -0.2) is 13.5 Å². The molecule has 0 atom stereocenters. The van der Waals surface area contributed by atoms with Crippen LogP contribution in [0.4, 0.5) is 0 Å². The lowest BCUT2D eigenvalue weighted by Crippen LogP contribution is -2.31. The molecule has 10 heavy (non-hydrogen) atoms. The second kappa shape index (κ2) is 3.56. The Balaban J connectivity index is 4.27. The molecule has 0 aromatic rings. The molecule has 0 N–H and O–H groups in total. The van der Waals surface area contributed by atoms with Gasteiger partial charge in [-0.05, 0) is 0 Å². The van der Waals surface area contributed by atoms with Gasteiger partial charge in [0.1, 0.15) is 18.0 Å². The predicted octanol–water partition coefficient (Wildman–Crippen LogP) is 2.75. The number of halogens is 2. The zero-order valence-corrected chi connectivity index (χ0v) is 8.75. The SMILES string of the molecule is C[Si](C)(C)C(=O)C=C(Cl)Cl. The van der Waals surface area contributed by atoms with Crippen molar-refractivity contribution in [2.24, 2.45) is 0 Å². The van der Waals surface area contributed by atoms with Gasteiger partial charge in [-0.3, -0.25) is 0 Å². The summed E-state index contributed by atoms with van der Waals surface area (Å²) in [4.78, 5) is 11.1. The van der Waals surface area contributed by atoms with E-state index in [0.29, 0.717) is 0 Å². The smallest absolute Gasteiger partial charge is 0.135 e. The van der Waals surface area contributed by atoms with Crippen molar-refractivity contribution in [1.82, 2.24) is 0 Å². The molecular formula is C6H10Cl2OSi. The van der Waals surface area contributed by atoms with Gasteiger partial charge in [0.15, 0.2) is 0 Å². The van der Waals surface area contributed by atoms with Gasteiger partial charge in [-0.2, -0.15) is 0 Å². The summed E-state index contributed by atoms with van der Waals surface area (Å²) in [7, 11) is -1.71. The normalized spacial score (nSPS) is 10.9. The first kappa shape index (κ1) is 10.2. The first-order valence-corrected chi connectivity index (χ1v) is 7.17. The third-order valence-electron chi connectivity index (χ3n) is 0.979. The Morgan fingerprint density at radius 1 is 1.30 bits per heavy atom. The highest BCUT2D eigenvalue weighted by Gasteiger charge is 2.21. The van der Waals surface area contributed by atoms with Gasteiger partial charge in [0, 0.05) is 6.08 Å². The van der Waals surface area contributed by atoms with Gasteiger partial charge in [0.25, 0.3) is 0 Å². The summed E-state index contributed by atoms with van der Waals surface area (Å²) in [6, 6.07) is 0. The molecule has 0 aliphatic heterocycles. The number of carbonyl (C=O) groups is 1. The first-order valence-electron chi connectivity index (χ1n) is 2.91. The summed E-state index contributed by atoms with van der Waals surface area (Å²) < 4.78 is 0.0485. The van der Waals surface area contributed by atoms with Crippen molar-refractivity contribution in [2.75, 3.05) is 0 Å². The van der Waals surface area contributed by atoms with Crippen molar-refractivity contribution in [3.05, 3.63) is 10.6 Å². The molecule has 0 fully saturated rings. The lowest BCUT2D eigenvalue weighted by atomic mass is 10.7. The van der Waals surface area contributed by atoms with Gasteiger partial charge < -0.3 is 4.79 Å². The van der Waals surface area contributed by atoms with Crippen LogP contribution in [-0.2, 0) is 4.79 Å². The molecule has 0 amide bonds. The highest BCUT2D eigenvalue weighted by molar-refractivity contribution is 7.05. The molecule has 58 valence electrons. The lowest BCUT2D eigenvalue weighted by Gasteiger charge is -2.09. The standard InChI is InChI=1S/C6H10Cl2OSi/c1-10(2,3)6(9)4-5(7)8/h4H,1-3H3. The van der Waals surface area contributed by atoms with E-state index in [-0.39, 0.29) is 9.90 Å². The van der Waals surface area contributed by atoms with E-state index in [1.54, 1.807) is 0 Å². The molecule has 4 heteroatoms. The number of rotatable bonds is 2. The topological polar surface area (TPSA) is 17.1 Å². The average molecular weight is 197 g/mol. The maximum atomic E-state index is 11.1. The van der Waals surface area contributed by atoms with Crippen LogP contribution in [0.1, 0.15) is 0 Å². The lowest BCUT2D eigenvalue weighted by molar-refractivity contribution is -0.108. The van der Waals surface area contributed by atoms with Crippen LogP contribution in [0.25, 0.3) is 0 Å². The molecule has 1 nitrogen and oxygen atoms in total. The third kappa shape index (κ3) is 4.09. The Hall–Kier alpha value is 0.207. The summed E-state index contributed by atoms with van der Waals surface area (Å²) in [5.41, 5.74) is 0. The van der Waals surface area contributed by atoms with E-state index >= 15 is 0 Å². The van der Waals surface area contributed by atoms with E-state index in [4.69, 9.17) is 23.2 Å². The number of hydrogen-bond donors (Lipinski definition) is 0. The average Bonchev–Trinajstić information content (AvgIpc) is 1.60. The zero-order chi connectivity index (χ0) is 8.36. The van der Waals surface area contributed by atoms with Gasteiger partial charge in [-0.25, -0.2) is 0 Å². The minimum absolute atomic E-state index is 0.0485. The van der Waals surface area contributed by atoms with Crippen molar-refractivity contribution in [2.45, 2.75) is 19.6 Å². The summed E-state index contributed by atoms with van der Waals surface area (Å²) in [5.74, 6) is 0. The molecule has 0 saturated carbocycles. The Bertz CT molecular complexity index is 165. The van der Waals surface area contributed by atoms with Crippen molar-refractivity contribution in [3.63, 3.8) is 0 Å². The molecule has 0 saturated heterocycles. The highest BCUT2D eigenvalue weighted by atomic mass is 35.5. The van der Waals surface area contributed by atoms with E-state index in [1.807, 2.05) is 19.6 Å².